The number of ether oxygens (including phenoxy) is 3. The number of nitrogens with zero attached hydrogens (tertiary/aromatic N) is 1. The first-order valence-electron chi connectivity index (χ1n) is 8.90. The second-order valence-electron chi connectivity index (χ2n) is 6.10. The second-order valence-corrected chi connectivity index (χ2v) is 6.10. The van der Waals surface area contributed by atoms with Gasteiger partial charge in [0.25, 0.3) is 0 Å². The maximum atomic E-state index is 5.50. The third-order valence-electron chi connectivity index (χ3n) is 4.29. The standard InChI is InChI=1S/C21H29N3O3/c1-15-6-8-16(9-7-15)14-24-21(22-2)23-11-10-18-19(26-4)12-17(25-3)13-20(18)27-5/h6-9,12-13H,10-11,14H2,1-5H3,(H2,22,23,24). The monoisotopic (exact) mass is 371 g/mol. The van der Waals surface area contributed by atoms with Crippen LogP contribution in [0.3, 0.4) is 0 Å². The summed E-state index contributed by atoms with van der Waals surface area (Å²) in [5, 5.41) is 6.65. The zero-order chi connectivity index (χ0) is 19.6. The molecule has 0 aliphatic rings. The number of aryl methyl sites for hydroxylation is 1. The lowest BCUT2D eigenvalue weighted by atomic mass is 10.1. The van der Waals surface area contributed by atoms with Crippen LogP contribution in [0, 0.1) is 6.92 Å². The molecular formula is C21H29N3O3. The molecule has 2 aromatic rings. The number of guanidine groups is 1. The van der Waals surface area contributed by atoms with Crippen molar-refractivity contribution in [3.05, 3.63) is 53.1 Å². The van der Waals surface area contributed by atoms with Crippen LogP contribution in [0.2, 0.25) is 0 Å². The molecule has 0 saturated heterocycles. The zero-order valence-corrected chi connectivity index (χ0v) is 16.8. The quantitative estimate of drug-likeness (QED) is 0.552. The molecule has 146 valence electrons. The predicted molar refractivity (Wildman–Crippen MR) is 109 cm³/mol. The smallest absolute Gasteiger partial charge is 0.191 e. The van der Waals surface area contributed by atoms with Crippen molar-refractivity contribution in [2.24, 2.45) is 4.99 Å². The molecule has 0 saturated carbocycles. The van der Waals surface area contributed by atoms with E-state index in [2.05, 4.69) is 46.8 Å². The number of nitrogens with one attached hydrogen (secondary N) is 2. The second kappa shape index (κ2) is 10.3. The fraction of sp³-hybridized carbons (Fsp3) is 0.381. The van der Waals surface area contributed by atoms with E-state index in [0.29, 0.717) is 12.3 Å². The molecule has 2 rings (SSSR count). The summed E-state index contributed by atoms with van der Waals surface area (Å²) in [6.07, 6.45) is 0.724. The average Bonchev–Trinajstić information content (AvgIpc) is 2.71. The molecule has 6 nitrogen and oxygen atoms in total. The highest BCUT2D eigenvalue weighted by molar-refractivity contribution is 5.79. The molecule has 0 unspecified atom stereocenters. The van der Waals surface area contributed by atoms with E-state index in [1.54, 1.807) is 28.4 Å². The van der Waals surface area contributed by atoms with Gasteiger partial charge in [0.15, 0.2) is 5.96 Å². The Labute approximate surface area is 161 Å². The van der Waals surface area contributed by atoms with Gasteiger partial charge in [-0.3, -0.25) is 4.99 Å². The minimum absolute atomic E-state index is 0.687. The number of hydrogen-bond acceptors (Lipinski definition) is 4. The lowest BCUT2D eigenvalue weighted by Crippen LogP contribution is -2.37. The summed E-state index contributed by atoms with van der Waals surface area (Å²) in [5.74, 6) is 2.95. The third-order valence-corrected chi connectivity index (χ3v) is 4.29. The molecule has 27 heavy (non-hydrogen) atoms. The van der Waals surface area contributed by atoms with Gasteiger partial charge in [0.05, 0.1) is 21.3 Å². The van der Waals surface area contributed by atoms with Crippen molar-refractivity contribution in [3.63, 3.8) is 0 Å². The summed E-state index contributed by atoms with van der Waals surface area (Å²) in [6, 6.07) is 12.2. The van der Waals surface area contributed by atoms with Gasteiger partial charge >= 0.3 is 0 Å². The van der Waals surface area contributed by atoms with Gasteiger partial charge in [0, 0.05) is 37.8 Å². The molecule has 0 amide bonds. The van der Waals surface area contributed by atoms with Gasteiger partial charge in [-0.1, -0.05) is 29.8 Å². The Balaban J connectivity index is 1.94. The van der Waals surface area contributed by atoms with Crippen LogP contribution in [-0.2, 0) is 13.0 Å². The summed E-state index contributed by atoms with van der Waals surface area (Å²) in [5.41, 5.74) is 3.45. The van der Waals surface area contributed by atoms with E-state index in [1.165, 1.54) is 11.1 Å². The van der Waals surface area contributed by atoms with E-state index in [9.17, 15) is 0 Å². The summed E-state index contributed by atoms with van der Waals surface area (Å²) < 4.78 is 16.3. The van der Waals surface area contributed by atoms with E-state index < -0.39 is 0 Å². The van der Waals surface area contributed by atoms with Crippen molar-refractivity contribution >= 4 is 5.96 Å². The van der Waals surface area contributed by atoms with Crippen molar-refractivity contribution in [2.75, 3.05) is 34.9 Å². The normalized spacial score (nSPS) is 11.1. The SMILES string of the molecule is CN=C(NCCc1c(OC)cc(OC)cc1OC)NCc1ccc(C)cc1. The molecule has 0 atom stereocenters. The lowest BCUT2D eigenvalue weighted by Gasteiger charge is -2.16. The van der Waals surface area contributed by atoms with Crippen molar-refractivity contribution in [2.45, 2.75) is 19.9 Å². The third kappa shape index (κ3) is 5.81. The minimum Gasteiger partial charge on any atom is -0.496 e. The molecule has 2 N–H and O–H groups in total. The van der Waals surface area contributed by atoms with Gasteiger partial charge in [0.1, 0.15) is 17.2 Å². The van der Waals surface area contributed by atoms with E-state index in [1.807, 2.05) is 12.1 Å². The molecule has 6 heteroatoms. The van der Waals surface area contributed by atoms with E-state index >= 15 is 0 Å². The number of rotatable bonds is 8. The van der Waals surface area contributed by atoms with E-state index in [-0.39, 0.29) is 0 Å². The predicted octanol–water partition coefficient (Wildman–Crippen LogP) is 2.93. The average molecular weight is 371 g/mol. The number of benzene rings is 2. The molecule has 0 spiro atoms. The maximum absolute atomic E-state index is 5.50. The summed E-state index contributed by atoms with van der Waals surface area (Å²) in [7, 11) is 6.68. The molecule has 0 aliphatic heterocycles. The van der Waals surface area contributed by atoms with Crippen LogP contribution in [-0.4, -0.2) is 40.9 Å². The van der Waals surface area contributed by atoms with Crippen LogP contribution in [0.5, 0.6) is 17.2 Å². The van der Waals surface area contributed by atoms with Gasteiger partial charge in [0.2, 0.25) is 0 Å². The highest BCUT2D eigenvalue weighted by Gasteiger charge is 2.13. The number of hydrogen-bond donors (Lipinski definition) is 2. The Kier molecular flexibility index (Phi) is 7.79. The van der Waals surface area contributed by atoms with Gasteiger partial charge in [-0.15, -0.1) is 0 Å². The summed E-state index contributed by atoms with van der Waals surface area (Å²) >= 11 is 0. The molecule has 0 fully saturated rings. The highest BCUT2D eigenvalue weighted by Crippen LogP contribution is 2.34. The molecule has 0 radical (unpaired) electrons. The Morgan fingerprint density at radius 1 is 0.926 bits per heavy atom. The number of aliphatic imine (C=N–C) groups is 1. The van der Waals surface area contributed by atoms with Crippen LogP contribution in [0.25, 0.3) is 0 Å². The molecular weight excluding hydrogens is 342 g/mol. The molecule has 0 heterocycles. The van der Waals surface area contributed by atoms with Crippen LogP contribution in [0.4, 0.5) is 0 Å². The Morgan fingerprint density at radius 2 is 1.56 bits per heavy atom. The van der Waals surface area contributed by atoms with Gasteiger partial charge < -0.3 is 24.8 Å². The number of methoxy groups -OCH3 is 3. The lowest BCUT2D eigenvalue weighted by molar-refractivity contribution is 0.368. The Hall–Kier alpha value is -2.89. The van der Waals surface area contributed by atoms with Crippen LogP contribution >= 0.6 is 0 Å². The molecule has 0 aliphatic carbocycles. The zero-order valence-electron chi connectivity index (χ0n) is 16.8. The van der Waals surface area contributed by atoms with Crippen LogP contribution in [0.15, 0.2) is 41.4 Å². The Bertz CT molecular complexity index is 733. The van der Waals surface area contributed by atoms with Crippen LogP contribution in [0.1, 0.15) is 16.7 Å². The topological polar surface area (TPSA) is 64.1 Å². The van der Waals surface area contributed by atoms with Crippen molar-refractivity contribution < 1.29 is 14.2 Å². The maximum Gasteiger partial charge on any atom is 0.191 e. The molecule has 0 bridgehead atoms. The van der Waals surface area contributed by atoms with Crippen molar-refractivity contribution in [1.82, 2.24) is 10.6 Å². The first-order chi connectivity index (χ1) is 13.1. The van der Waals surface area contributed by atoms with Crippen molar-refractivity contribution in [3.8, 4) is 17.2 Å². The summed E-state index contributed by atoms with van der Waals surface area (Å²) in [6.45, 7) is 3.49. The highest BCUT2D eigenvalue weighted by atomic mass is 16.5. The molecule has 2 aromatic carbocycles. The van der Waals surface area contributed by atoms with Gasteiger partial charge in [-0.05, 0) is 18.9 Å². The van der Waals surface area contributed by atoms with E-state index in [0.717, 1.165) is 36.0 Å². The summed E-state index contributed by atoms with van der Waals surface area (Å²) in [4.78, 5) is 4.28. The van der Waals surface area contributed by atoms with E-state index in [4.69, 9.17) is 14.2 Å². The molecule has 0 aromatic heterocycles. The minimum atomic E-state index is 0.687. The first kappa shape index (κ1) is 20.4. The van der Waals surface area contributed by atoms with Gasteiger partial charge in [-0.2, -0.15) is 0 Å². The Morgan fingerprint density at radius 3 is 2.07 bits per heavy atom. The van der Waals surface area contributed by atoms with Crippen molar-refractivity contribution in [1.29, 1.82) is 0 Å². The van der Waals surface area contributed by atoms with Gasteiger partial charge in [-0.25, -0.2) is 0 Å². The largest absolute Gasteiger partial charge is 0.496 e. The fourth-order valence-corrected chi connectivity index (χ4v) is 2.74. The first-order valence-corrected chi connectivity index (χ1v) is 8.90. The fourth-order valence-electron chi connectivity index (χ4n) is 2.74. The van der Waals surface area contributed by atoms with Crippen LogP contribution < -0.4 is 24.8 Å².